The molecule has 0 amide bonds. The summed E-state index contributed by atoms with van der Waals surface area (Å²) in [5.41, 5.74) is 0. The zero-order valence-corrected chi connectivity index (χ0v) is 14.7. The fourth-order valence-corrected chi connectivity index (χ4v) is 3.38. The first kappa shape index (κ1) is 20.1. The number of hydrogen-bond donors (Lipinski definition) is 2. The molecular formula is C18H34O6. The topological polar surface area (TPSA) is 77.4 Å². The molecule has 2 saturated carbocycles. The molecule has 2 N–H and O–H groups in total. The first-order valence-electron chi connectivity index (χ1n) is 9.52. The average molecular weight is 346 g/mol. The summed E-state index contributed by atoms with van der Waals surface area (Å²) in [5, 5.41) is 19.6. The highest BCUT2D eigenvalue weighted by Crippen LogP contribution is 2.21. The Morgan fingerprint density at radius 1 is 0.542 bits per heavy atom. The predicted molar refractivity (Wildman–Crippen MR) is 90.1 cm³/mol. The molecule has 0 spiro atoms. The van der Waals surface area contributed by atoms with Gasteiger partial charge in [0.2, 0.25) is 0 Å². The van der Waals surface area contributed by atoms with Gasteiger partial charge in [0.25, 0.3) is 0 Å². The summed E-state index contributed by atoms with van der Waals surface area (Å²) in [7, 11) is 0. The lowest BCUT2D eigenvalue weighted by molar-refractivity contribution is -0.0839. The second-order valence-electron chi connectivity index (χ2n) is 6.75. The van der Waals surface area contributed by atoms with Crippen LogP contribution in [0.3, 0.4) is 0 Å². The lowest BCUT2D eigenvalue weighted by atomic mass is 9.95. The molecule has 0 heterocycles. The smallest absolute Gasteiger partial charge is 0.0835 e. The molecule has 6 nitrogen and oxygen atoms in total. The van der Waals surface area contributed by atoms with Crippen LogP contribution in [-0.4, -0.2) is 74.3 Å². The van der Waals surface area contributed by atoms with Crippen molar-refractivity contribution in [2.45, 2.75) is 75.8 Å². The Bertz CT molecular complexity index is 284. The van der Waals surface area contributed by atoms with Crippen LogP contribution in [0.5, 0.6) is 0 Å². The predicted octanol–water partition coefficient (Wildman–Crippen LogP) is 1.66. The normalized spacial score (nSPS) is 31.2. The summed E-state index contributed by atoms with van der Waals surface area (Å²) in [5.74, 6) is 0. The van der Waals surface area contributed by atoms with Crippen molar-refractivity contribution in [1.29, 1.82) is 0 Å². The Balaban J connectivity index is 1.34. The third-order valence-electron chi connectivity index (χ3n) is 4.83. The van der Waals surface area contributed by atoms with Gasteiger partial charge in [0.05, 0.1) is 64.1 Å². The van der Waals surface area contributed by atoms with E-state index in [0.29, 0.717) is 39.6 Å². The van der Waals surface area contributed by atoms with Crippen LogP contribution in [-0.2, 0) is 18.9 Å². The third-order valence-corrected chi connectivity index (χ3v) is 4.83. The third kappa shape index (κ3) is 7.76. The number of aliphatic hydroxyl groups is 2. The van der Waals surface area contributed by atoms with Crippen LogP contribution in [0.1, 0.15) is 51.4 Å². The minimum Gasteiger partial charge on any atom is -0.390 e. The van der Waals surface area contributed by atoms with E-state index < -0.39 is 0 Å². The highest BCUT2D eigenvalue weighted by molar-refractivity contribution is 4.75. The average Bonchev–Trinajstić information content (AvgIpc) is 2.59. The summed E-state index contributed by atoms with van der Waals surface area (Å²) in [6.45, 7) is 3.15. The van der Waals surface area contributed by atoms with Gasteiger partial charge in [-0.3, -0.25) is 0 Å². The molecule has 2 fully saturated rings. The minimum atomic E-state index is -0.315. The van der Waals surface area contributed by atoms with E-state index in [1.165, 1.54) is 0 Å². The van der Waals surface area contributed by atoms with E-state index >= 15 is 0 Å². The maximum atomic E-state index is 9.79. The summed E-state index contributed by atoms with van der Waals surface area (Å²) < 4.78 is 22.2. The van der Waals surface area contributed by atoms with Crippen molar-refractivity contribution in [1.82, 2.24) is 0 Å². The zero-order valence-electron chi connectivity index (χ0n) is 14.7. The summed E-state index contributed by atoms with van der Waals surface area (Å²) in [6.07, 6.45) is 7.37. The van der Waals surface area contributed by atoms with E-state index in [4.69, 9.17) is 18.9 Å². The second kappa shape index (κ2) is 12.2. The maximum absolute atomic E-state index is 9.79. The van der Waals surface area contributed by atoms with Gasteiger partial charge >= 0.3 is 0 Å². The molecular weight excluding hydrogens is 312 g/mol. The highest BCUT2D eigenvalue weighted by atomic mass is 16.6. The molecule has 0 bridgehead atoms. The zero-order chi connectivity index (χ0) is 17.0. The van der Waals surface area contributed by atoms with Crippen molar-refractivity contribution in [2.75, 3.05) is 39.6 Å². The van der Waals surface area contributed by atoms with Gasteiger partial charge in [-0.2, -0.15) is 0 Å². The van der Waals surface area contributed by atoms with Crippen LogP contribution in [0.25, 0.3) is 0 Å². The van der Waals surface area contributed by atoms with Crippen LogP contribution >= 0.6 is 0 Å². The molecule has 0 saturated heterocycles. The van der Waals surface area contributed by atoms with Gasteiger partial charge in [0.1, 0.15) is 0 Å². The molecule has 0 aromatic rings. The van der Waals surface area contributed by atoms with E-state index in [0.717, 1.165) is 51.4 Å². The lowest BCUT2D eigenvalue weighted by Gasteiger charge is -2.27. The van der Waals surface area contributed by atoms with Gasteiger partial charge in [0, 0.05) is 0 Å². The fourth-order valence-electron chi connectivity index (χ4n) is 3.38. The van der Waals surface area contributed by atoms with E-state index in [2.05, 4.69) is 0 Å². The second-order valence-corrected chi connectivity index (χ2v) is 6.75. The van der Waals surface area contributed by atoms with Crippen LogP contribution in [0.2, 0.25) is 0 Å². The van der Waals surface area contributed by atoms with Crippen LogP contribution < -0.4 is 0 Å². The molecule has 2 aliphatic carbocycles. The van der Waals surface area contributed by atoms with Crippen LogP contribution in [0.15, 0.2) is 0 Å². The summed E-state index contributed by atoms with van der Waals surface area (Å²) >= 11 is 0. The minimum absolute atomic E-state index is 0.0223. The monoisotopic (exact) mass is 346 g/mol. The quantitative estimate of drug-likeness (QED) is 0.554. The number of hydrogen-bond acceptors (Lipinski definition) is 6. The van der Waals surface area contributed by atoms with Crippen molar-refractivity contribution in [3.05, 3.63) is 0 Å². The lowest BCUT2D eigenvalue weighted by Crippen LogP contribution is -2.33. The fraction of sp³-hybridized carbons (Fsp3) is 1.00. The Hall–Kier alpha value is -0.240. The van der Waals surface area contributed by atoms with Gasteiger partial charge in [-0.25, -0.2) is 0 Å². The molecule has 0 aromatic heterocycles. The van der Waals surface area contributed by atoms with Crippen molar-refractivity contribution in [2.24, 2.45) is 0 Å². The Labute approximate surface area is 145 Å². The Kier molecular flexibility index (Phi) is 10.2. The van der Waals surface area contributed by atoms with E-state index in [1.54, 1.807) is 0 Å². The number of aliphatic hydroxyl groups excluding tert-OH is 2. The maximum Gasteiger partial charge on any atom is 0.0835 e. The van der Waals surface area contributed by atoms with E-state index in [-0.39, 0.29) is 24.4 Å². The van der Waals surface area contributed by atoms with E-state index in [1.807, 2.05) is 0 Å². The molecule has 24 heavy (non-hydrogen) atoms. The molecule has 4 unspecified atom stereocenters. The number of rotatable bonds is 11. The largest absolute Gasteiger partial charge is 0.390 e. The first-order valence-corrected chi connectivity index (χ1v) is 9.52. The van der Waals surface area contributed by atoms with Crippen LogP contribution in [0.4, 0.5) is 0 Å². The van der Waals surface area contributed by atoms with Crippen molar-refractivity contribution >= 4 is 0 Å². The molecule has 4 atom stereocenters. The van der Waals surface area contributed by atoms with Crippen molar-refractivity contribution < 1.29 is 29.2 Å². The summed E-state index contributed by atoms with van der Waals surface area (Å²) in [4.78, 5) is 0. The standard InChI is InChI=1S/C18H34O6/c19-15-5-1-3-7-17(15)23-13-11-21-9-10-22-12-14-24-18-8-4-2-6-16(18)20/h15-20H,1-14H2. The highest BCUT2D eigenvalue weighted by Gasteiger charge is 2.24. The summed E-state index contributed by atoms with van der Waals surface area (Å²) in [6, 6.07) is 0. The van der Waals surface area contributed by atoms with Gasteiger partial charge in [-0.15, -0.1) is 0 Å². The molecule has 0 aliphatic heterocycles. The molecule has 6 heteroatoms. The Morgan fingerprint density at radius 3 is 1.33 bits per heavy atom. The van der Waals surface area contributed by atoms with Gasteiger partial charge in [0.15, 0.2) is 0 Å². The number of ether oxygens (including phenoxy) is 4. The first-order chi connectivity index (χ1) is 11.8. The Morgan fingerprint density at radius 2 is 0.917 bits per heavy atom. The molecule has 2 aliphatic rings. The van der Waals surface area contributed by atoms with Gasteiger partial charge in [-0.05, 0) is 25.7 Å². The van der Waals surface area contributed by atoms with Crippen LogP contribution in [0, 0.1) is 0 Å². The molecule has 2 rings (SSSR count). The molecule has 0 radical (unpaired) electrons. The molecule has 0 aromatic carbocycles. The van der Waals surface area contributed by atoms with Gasteiger partial charge in [-0.1, -0.05) is 25.7 Å². The molecule has 142 valence electrons. The van der Waals surface area contributed by atoms with Crippen molar-refractivity contribution in [3.8, 4) is 0 Å². The SMILES string of the molecule is OC1CCCCC1OCCOCCOCCOC1CCCCC1O. The van der Waals surface area contributed by atoms with Gasteiger partial charge < -0.3 is 29.2 Å². The van der Waals surface area contributed by atoms with Crippen molar-refractivity contribution in [3.63, 3.8) is 0 Å². The van der Waals surface area contributed by atoms with E-state index in [9.17, 15) is 10.2 Å².